The van der Waals surface area contributed by atoms with Crippen LogP contribution in [0.2, 0.25) is 0 Å². The minimum Gasteiger partial charge on any atom is -0.494 e. The molecule has 6 aromatic rings. The van der Waals surface area contributed by atoms with Crippen LogP contribution >= 0.6 is 22.7 Å². The number of rotatable bonds is 27. The maximum atomic E-state index is 13.9. The molecule has 2 heterocycles. The molecule has 2 aliphatic carbocycles. The number of thiazole rings is 2. The van der Waals surface area contributed by atoms with Crippen LogP contribution < -0.4 is 28.4 Å². The van der Waals surface area contributed by atoms with Crippen LogP contribution in [0.25, 0.3) is 30.4 Å². The van der Waals surface area contributed by atoms with Gasteiger partial charge in [-0.25, -0.2) is 19.6 Å². The van der Waals surface area contributed by atoms with E-state index in [1.165, 1.54) is 22.7 Å². The van der Waals surface area contributed by atoms with E-state index in [9.17, 15) is 28.8 Å². The van der Waals surface area contributed by atoms with Crippen molar-refractivity contribution in [3.05, 3.63) is 109 Å². The number of unbranched alkanes of at least 4 members (excludes halogenated alkanes) is 6. The molecule has 0 unspecified atom stereocenters. The van der Waals surface area contributed by atoms with E-state index in [0.29, 0.717) is 121 Å². The van der Waals surface area contributed by atoms with Gasteiger partial charge in [0, 0.05) is 12.2 Å². The molecular weight excluding hydrogens is 1060 g/mol. The molecule has 0 aliphatic heterocycles. The molecule has 0 saturated heterocycles. The molecule has 80 heavy (non-hydrogen) atoms. The Labute approximate surface area is 473 Å². The molecule has 4 aromatic carbocycles. The average molecular weight is 1130 g/mol. The summed E-state index contributed by atoms with van der Waals surface area (Å²) >= 11 is 2.82. The molecule has 16 nitrogen and oxygen atoms in total. The second kappa shape index (κ2) is 29.1. The fraction of sp³-hybridized carbons (Fsp3) is 0.419. The Hall–Kier alpha value is -7.44. The van der Waals surface area contributed by atoms with Crippen LogP contribution in [0.15, 0.2) is 98.1 Å². The van der Waals surface area contributed by atoms with Crippen molar-refractivity contribution in [1.29, 1.82) is 0 Å². The lowest BCUT2D eigenvalue weighted by atomic mass is 9.82. The van der Waals surface area contributed by atoms with Gasteiger partial charge in [0.05, 0.1) is 60.3 Å². The third kappa shape index (κ3) is 16.6. The fourth-order valence-corrected chi connectivity index (χ4v) is 11.9. The summed E-state index contributed by atoms with van der Waals surface area (Å²) in [4.78, 5) is 86.5. The van der Waals surface area contributed by atoms with Gasteiger partial charge in [-0.2, -0.15) is 0 Å². The number of carbonyl (C=O) groups excluding carboxylic acids is 6. The number of carbonyl (C=O) groups is 6. The van der Waals surface area contributed by atoms with Crippen molar-refractivity contribution in [2.75, 3.05) is 26.4 Å². The van der Waals surface area contributed by atoms with Gasteiger partial charge in [0.2, 0.25) is 0 Å². The molecule has 2 aromatic heterocycles. The van der Waals surface area contributed by atoms with E-state index < -0.39 is 35.7 Å². The van der Waals surface area contributed by atoms with E-state index in [1.807, 2.05) is 13.8 Å². The number of aryl methyl sites for hydroxylation is 2. The average Bonchev–Trinajstić information content (AvgIpc) is 4.27. The minimum absolute atomic E-state index is 0.230. The van der Waals surface area contributed by atoms with Crippen molar-refractivity contribution in [2.24, 2.45) is 23.7 Å². The summed E-state index contributed by atoms with van der Waals surface area (Å²) in [6.07, 6.45) is 12.8. The standard InChI is InChI=1S/C62H68N2O14S2/c1-5-52(65)73-35-13-9-7-11-33-71-45-23-27-47(28-24-45)75-59(67)41-15-19-43(20-16-41)61(69)77-49-31-32-50(56-55(49)64-58(80-56)57-63-54-40(4)37-39(3)38-51(54)79-57)78-62(70)44-21-17-42(18-22-44)60(68)76-48-29-25-46(26-30-48)72-34-12-8-10-14-36-74-53(66)6-2/h5-6,23-32,37-38,41-44H,1-2,7-22,33-36H2,3-4H3. The zero-order valence-corrected chi connectivity index (χ0v) is 47.0. The van der Waals surface area contributed by atoms with Gasteiger partial charge < -0.3 is 37.9 Å². The van der Waals surface area contributed by atoms with Crippen LogP contribution in [0.3, 0.4) is 0 Å². The SMILES string of the molecule is C=CC(=O)OCCCCCCOc1ccc(OC(=O)C2CCC(C(=O)Oc3ccc(OC(=O)C4CCC(C(=O)Oc5ccc(OCCCCCCOC(=O)C=C)cc5)CC4)c4sc(-c5nc6c(C)cc(C)cc6s5)nc34)CC2)cc1. The molecular formula is C62H68N2O14S2. The molecule has 0 atom stereocenters. The number of nitrogens with zero attached hydrogens (tertiary/aromatic N) is 2. The molecule has 422 valence electrons. The lowest BCUT2D eigenvalue weighted by molar-refractivity contribution is -0.145. The summed E-state index contributed by atoms with van der Waals surface area (Å²) in [5.74, 6) is -1.37. The highest BCUT2D eigenvalue weighted by atomic mass is 32.1. The summed E-state index contributed by atoms with van der Waals surface area (Å²) in [5.41, 5.74) is 3.41. The highest BCUT2D eigenvalue weighted by Gasteiger charge is 2.35. The summed E-state index contributed by atoms with van der Waals surface area (Å²) in [5, 5.41) is 1.27. The van der Waals surface area contributed by atoms with Gasteiger partial charge in [0.1, 0.15) is 33.2 Å². The first-order valence-electron chi connectivity index (χ1n) is 27.6. The van der Waals surface area contributed by atoms with Crippen LogP contribution in [0.1, 0.15) is 114 Å². The smallest absolute Gasteiger partial charge is 0.330 e. The van der Waals surface area contributed by atoms with Crippen LogP contribution in [0.4, 0.5) is 0 Å². The van der Waals surface area contributed by atoms with Gasteiger partial charge in [0.25, 0.3) is 0 Å². The van der Waals surface area contributed by atoms with Gasteiger partial charge in [-0.1, -0.05) is 19.2 Å². The van der Waals surface area contributed by atoms with Crippen LogP contribution in [-0.4, -0.2) is 72.2 Å². The first kappa shape index (κ1) is 58.7. The zero-order chi connectivity index (χ0) is 56.4. The van der Waals surface area contributed by atoms with Crippen molar-refractivity contribution in [3.8, 4) is 44.5 Å². The van der Waals surface area contributed by atoms with Crippen molar-refractivity contribution in [1.82, 2.24) is 9.97 Å². The van der Waals surface area contributed by atoms with E-state index in [1.54, 1.807) is 60.7 Å². The first-order valence-corrected chi connectivity index (χ1v) is 29.2. The number of aromatic nitrogens is 2. The molecule has 2 saturated carbocycles. The van der Waals surface area contributed by atoms with Crippen LogP contribution in [0, 0.1) is 37.5 Å². The van der Waals surface area contributed by atoms with E-state index >= 15 is 0 Å². The maximum Gasteiger partial charge on any atom is 0.330 e. The second-order valence-corrected chi connectivity index (χ2v) is 22.2. The molecule has 0 bridgehead atoms. The summed E-state index contributed by atoms with van der Waals surface area (Å²) in [6, 6.07) is 21.3. The van der Waals surface area contributed by atoms with E-state index in [4.69, 9.17) is 47.9 Å². The van der Waals surface area contributed by atoms with E-state index in [0.717, 1.165) is 84.9 Å². The number of hydrogen-bond donors (Lipinski definition) is 0. The Balaban J connectivity index is 0.821. The predicted molar refractivity (Wildman–Crippen MR) is 304 cm³/mol. The van der Waals surface area contributed by atoms with E-state index in [-0.39, 0.29) is 35.3 Å². The molecule has 0 N–H and O–H groups in total. The largest absolute Gasteiger partial charge is 0.494 e. The van der Waals surface area contributed by atoms with Gasteiger partial charge >= 0.3 is 35.8 Å². The quantitative estimate of drug-likeness (QED) is 0.0204. The zero-order valence-electron chi connectivity index (χ0n) is 45.4. The Morgan fingerprint density at radius 1 is 0.475 bits per heavy atom. The number of esters is 6. The van der Waals surface area contributed by atoms with Gasteiger partial charge in [-0.3, -0.25) is 19.2 Å². The first-order chi connectivity index (χ1) is 38.8. The number of benzene rings is 4. The lowest BCUT2D eigenvalue weighted by Crippen LogP contribution is -2.30. The Kier molecular flexibility index (Phi) is 21.4. The highest BCUT2D eigenvalue weighted by Crippen LogP contribution is 2.44. The number of ether oxygens (including phenoxy) is 8. The normalized spacial score (nSPS) is 17.0. The van der Waals surface area contributed by atoms with Crippen LogP contribution in [0.5, 0.6) is 34.5 Å². The third-order valence-corrected chi connectivity index (χ3v) is 16.4. The van der Waals surface area contributed by atoms with Crippen LogP contribution in [-0.2, 0) is 38.2 Å². The second-order valence-electron chi connectivity index (χ2n) is 20.2. The monoisotopic (exact) mass is 1130 g/mol. The lowest BCUT2D eigenvalue weighted by Gasteiger charge is -2.26. The summed E-state index contributed by atoms with van der Waals surface area (Å²) in [6.45, 7) is 12.7. The molecule has 0 amide bonds. The molecule has 0 spiro atoms. The molecule has 2 aliphatic rings. The van der Waals surface area contributed by atoms with Crippen molar-refractivity contribution < 1.29 is 66.7 Å². The van der Waals surface area contributed by atoms with Crippen molar-refractivity contribution in [2.45, 2.75) is 117 Å². The molecule has 8 rings (SSSR count). The van der Waals surface area contributed by atoms with Crippen molar-refractivity contribution >= 4 is 78.9 Å². The Bertz CT molecular complexity index is 2970. The molecule has 2 fully saturated rings. The fourth-order valence-electron chi connectivity index (χ4n) is 9.76. The summed E-state index contributed by atoms with van der Waals surface area (Å²) in [7, 11) is 0. The third-order valence-electron chi connectivity index (χ3n) is 14.2. The molecule has 18 heteroatoms. The number of fused-ring (bicyclic) bond motifs is 2. The van der Waals surface area contributed by atoms with Gasteiger partial charge in [-0.15, -0.1) is 22.7 Å². The maximum absolute atomic E-state index is 13.9. The van der Waals surface area contributed by atoms with Gasteiger partial charge in [-0.05, 0) is 194 Å². The Morgan fingerprint density at radius 2 is 0.863 bits per heavy atom. The molecule has 0 radical (unpaired) electrons. The number of hydrogen-bond acceptors (Lipinski definition) is 18. The minimum atomic E-state index is -0.458. The predicted octanol–water partition coefficient (Wildman–Crippen LogP) is 13.2. The van der Waals surface area contributed by atoms with Crippen molar-refractivity contribution in [3.63, 3.8) is 0 Å². The van der Waals surface area contributed by atoms with E-state index in [2.05, 4.69) is 25.3 Å². The summed E-state index contributed by atoms with van der Waals surface area (Å²) < 4.78 is 47.0. The van der Waals surface area contributed by atoms with Gasteiger partial charge in [0.15, 0.2) is 21.5 Å². The Morgan fingerprint density at radius 3 is 1.32 bits per heavy atom. The topological polar surface area (TPSA) is 202 Å². The highest BCUT2D eigenvalue weighted by molar-refractivity contribution is 7.28.